The van der Waals surface area contributed by atoms with Gasteiger partial charge in [-0.25, -0.2) is 13.8 Å². The van der Waals surface area contributed by atoms with Gasteiger partial charge >= 0.3 is 0 Å². The van der Waals surface area contributed by atoms with E-state index in [-0.39, 0.29) is 16.3 Å². The van der Waals surface area contributed by atoms with Crippen LogP contribution in [-0.4, -0.2) is 22.3 Å². The van der Waals surface area contributed by atoms with E-state index in [1.807, 2.05) is 0 Å². The number of amides is 1. The van der Waals surface area contributed by atoms with Crippen LogP contribution in [0.5, 0.6) is 0 Å². The van der Waals surface area contributed by atoms with Crippen molar-refractivity contribution in [2.75, 3.05) is 11.4 Å². The fourth-order valence-electron chi connectivity index (χ4n) is 1.91. The van der Waals surface area contributed by atoms with E-state index in [0.29, 0.717) is 22.8 Å². The maximum Gasteiger partial charge on any atom is 0.230 e. The molecule has 3 nitrogen and oxygen atoms in total. The normalized spacial score (nSPS) is 20.1. The van der Waals surface area contributed by atoms with E-state index in [0.717, 1.165) is 17.4 Å². The number of anilines is 1. The van der Waals surface area contributed by atoms with Gasteiger partial charge in [0.05, 0.1) is 4.70 Å². The first-order chi connectivity index (χ1) is 8.54. The number of thiazole rings is 1. The number of nitrogens with zero attached hydrogens (tertiary/aromatic N) is 2. The second-order valence-electron chi connectivity index (χ2n) is 4.04. The minimum Gasteiger partial charge on any atom is -0.287 e. The van der Waals surface area contributed by atoms with Gasteiger partial charge in [-0.2, -0.15) is 0 Å². The molecule has 0 N–H and O–H groups in total. The molecule has 1 atom stereocenters. The SMILES string of the molecule is O=C1CC(Br)CN1c1nc2c(F)cc(F)cc2s1. The Morgan fingerprint density at radius 2 is 2.22 bits per heavy atom. The van der Waals surface area contributed by atoms with Gasteiger partial charge in [0.25, 0.3) is 0 Å². The third-order valence-corrected chi connectivity index (χ3v) is 4.35. The van der Waals surface area contributed by atoms with Crippen LogP contribution in [0.15, 0.2) is 12.1 Å². The largest absolute Gasteiger partial charge is 0.287 e. The van der Waals surface area contributed by atoms with Crippen LogP contribution in [0.3, 0.4) is 0 Å². The Kier molecular flexibility index (Phi) is 2.82. The number of hydrogen-bond acceptors (Lipinski definition) is 3. The van der Waals surface area contributed by atoms with Crippen LogP contribution in [0.25, 0.3) is 10.2 Å². The quantitative estimate of drug-likeness (QED) is 0.752. The summed E-state index contributed by atoms with van der Waals surface area (Å²) in [5, 5.41) is 0.418. The second kappa shape index (κ2) is 4.24. The van der Waals surface area contributed by atoms with Crippen molar-refractivity contribution in [3.05, 3.63) is 23.8 Å². The number of fused-ring (bicyclic) bond motifs is 1. The van der Waals surface area contributed by atoms with Gasteiger partial charge in [-0.05, 0) is 6.07 Å². The summed E-state index contributed by atoms with van der Waals surface area (Å²) >= 11 is 4.49. The minimum absolute atomic E-state index is 0.0585. The number of rotatable bonds is 1. The van der Waals surface area contributed by atoms with Gasteiger partial charge < -0.3 is 0 Å². The van der Waals surface area contributed by atoms with Gasteiger partial charge in [0.1, 0.15) is 11.3 Å². The van der Waals surface area contributed by atoms with Gasteiger partial charge in [-0.1, -0.05) is 27.3 Å². The van der Waals surface area contributed by atoms with E-state index >= 15 is 0 Å². The summed E-state index contributed by atoms with van der Waals surface area (Å²) in [5.74, 6) is -1.40. The van der Waals surface area contributed by atoms with Crippen molar-refractivity contribution in [1.82, 2.24) is 4.98 Å². The zero-order chi connectivity index (χ0) is 12.9. The van der Waals surface area contributed by atoms with E-state index in [1.165, 1.54) is 11.0 Å². The third-order valence-electron chi connectivity index (χ3n) is 2.71. The molecule has 3 rings (SSSR count). The molecule has 0 spiro atoms. The van der Waals surface area contributed by atoms with Crippen molar-refractivity contribution in [3.8, 4) is 0 Å². The summed E-state index contributed by atoms with van der Waals surface area (Å²) in [6, 6.07) is 2.02. The molecular weight excluding hydrogens is 326 g/mol. The monoisotopic (exact) mass is 332 g/mol. The summed E-state index contributed by atoms with van der Waals surface area (Å²) in [6.45, 7) is 0.503. The molecule has 1 aliphatic rings. The highest BCUT2D eigenvalue weighted by atomic mass is 79.9. The van der Waals surface area contributed by atoms with Gasteiger partial charge in [0.2, 0.25) is 5.91 Å². The third kappa shape index (κ3) is 1.91. The molecule has 0 bridgehead atoms. The topological polar surface area (TPSA) is 33.2 Å². The number of alkyl halides is 1. The van der Waals surface area contributed by atoms with Crippen molar-refractivity contribution in [1.29, 1.82) is 0 Å². The van der Waals surface area contributed by atoms with Crippen molar-refractivity contribution in [2.24, 2.45) is 0 Å². The lowest BCUT2D eigenvalue weighted by molar-refractivity contribution is -0.117. The highest BCUT2D eigenvalue weighted by molar-refractivity contribution is 9.09. The second-order valence-corrected chi connectivity index (χ2v) is 6.34. The molecule has 18 heavy (non-hydrogen) atoms. The molecule has 0 radical (unpaired) electrons. The van der Waals surface area contributed by atoms with E-state index in [2.05, 4.69) is 20.9 Å². The molecule has 1 saturated heterocycles. The lowest BCUT2D eigenvalue weighted by Gasteiger charge is -2.10. The Morgan fingerprint density at radius 1 is 1.44 bits per heavy atom. The van der Waals surface area contributed by atoms with Gasteiger partial charge in [0.15, 0.2) is 10.9 Å². The van der Waals surface area contributed by atoms with Crippen LogP contribution in [0.2, 0.25) is 0 Å². The molecule has 2 heterocycles. The molecule has 1 aromatic heterocycles. The number of carbonyl (C=O) groups excluding carboxylic acids is 1. The van der Waals surface area contributed by atoms with Crippen LogP contribution >= 0.6 is 27.3 Å². The fourth-order valence-corrected chi connectivity index (χ4v) is 3.51. The van der Waals surface area contributed by atoms with Crippen LogP contribution in [-0.2, 0) is 4.79 Å². The number of aromatic nitrogens is 1. The van der Waals surface area contributed by atoms with Crippen LogP contribution in [0.1, 0.15) is 6.42 Å². The van der Waals surface area contributed by atoms with Crippen LogP contribution < -0.4 is 4.90 Å². The molecular formula is C11H7BrF2N2OS. The molecule has 1 aliphatic heterocycles. The van der Waals surface area contributed by atoms with E-state index in [4.69, 9.17) is 0 Å². The summed E-state index contributed by atoms with van der Waals surface area (Å²) in [5.41, 5.74) is 0.113. The maximum absolute atomic E-state index is 13.5. The van der Waals surface area contributed by atoms with Crippen LogP contribution in [0.4, 0.5) is 13.9 Å². The zero-order valence-electron chi connectivity index (χ0n) is 8.99. The predicted octanol–water partition coefficient (Wildman–Crippen LogP) is 3.07. The Labute approximate surface area is 114 Å². The lowest BCUT2D eigenvalue weighted by atomic mass is 10.3. The molecule has 1 aromatic carbocycles. The molecule has 0 aliphatic carbocycles. The number of hydrogen-bond donors (Lipinski definition) is 0. The Hall–Kier alpha value is -1.08. The van der Waals surface area contributed by atoms with Gasteiger partial charge in [0, 0.05) is 23.9 Å². The molecule has 0 saturated carbocycles. The number of benzene rings is 1. The summed E-state index contributed by atoms with van der Waals surface area (Å²) < 4.78 is 27.0. The minimum atomic E-state index is -0.700. The Bertz CT molecular complexity index is 645. The first kappa shape index (κ1) is 12.0. The average molecular weight is 333 g/mol. The molecule has 1 fully saturated rings. The van der Waals surface area contributed by atoms with Gasteiger partial charge in [-0.3, -0.25) is 9.69 Å². The van der Waals surface area contributed by atoms with E-state index in [1.54, 1.807) is 0 Å². The van der Waals surface area contributed by atoms with Crippen molar-refractivity contribution in [3.63, 3.8) is 0 Å². The van der Waals surface area contributed by atoms with Crippen molar-refractivity contribution < 1.29 is 13.6 Å². The first-order valence-corrected chi connectivity index (χ1v) is 6.98. The van der Waals surface area contributed by atoms with Crippen molar-refractivity contribution in [2.45, 2.75) is 11.2 Å². The van der Waals surface area contributed by atoms with Crippen LogP contribution in [0, 0.1) is 11.6 Å². The number of carbonyl (C=O) groups is 1. The summed E-state index contributed by atoms with van der Waals surface area (Å²) in [7, 11) is 0. The molecule has 94 valence electrons. The summed E-state index contributed by atoms with van der Waals surface area (Å²) in [6.07, 6.45) is 0.396. The average Bonchev–Trinajstić information content (AvgIpc) is 2.81. The first-order valence-electron chi connectivity index (χ1n) is 5.24. The molecule has 1 unspecified atom stereocenters. The Balaban J connectivity index is 2.09. The smallest absolute Gasteiger partial charge is 0.230 e. The van der Waals surface area contributed by atoms with Crippen molar-refractivity contribution >= 4 is 48.5 Å². The summed E-state index contributed by atoms with van der Waals surface area (Å²) in [4.78, 5) is 17.4. The van der Waals surface area contributed by atoms with E-state index in [9.17, 15) is 13.6 Å². The zero-order valence-corrected chi connectivity index (χ0v) is 11.4. The lowest BCUT2D eigenvalue weighted by Crippen LogP contribution is -2.24. The number of halogens is 3. The molecule has 1 amide bonds. The maximum atomic E-state index is 13.5. The Morgan fingerprint density at radius 3 is 2.89 bits per heavy atom. The molecule has 7 heteroatoms. The fraction of sp³-hybridized carbons (Fsp3) is 0.273. The molecule has 2 aromatic rings. The van der Waals surface area contributed by atoms with E-state index < -0.39 is 11.6 Å². The highest BCUT2D eigenvalue weighted by Gasteiger charge is 2.31. The standard InChI is InChI=1S/C11H7BrF2N2OS/c12-5-1-9(17)16(4-5)11-15-10-7(14)2-6(13)3-8(10)18-11/h2-3,5H,1,4H2. The highest BCUT2D eigenvalue weighted by Crippen LogP contribution is 2.34. The van der Waals surface area contributed by atoms with Gasteiger partial charge in [-0.15, -0.1) is 0 Å². The predicted molar refractivity (Wildman–Crippen MR) is 69.2 cm³/mol.